The van der Waals surface area contributed by atoms with Crippen LogP contribution in [0.25, 0.3) is 0 Å². The summed E-state index contributed by atoms with van der Waals surface area (Å²) >= 11 is 0.424. The molecule has 0 bridgehead atoms. The van der Waals surface area contributed by atoms with Crippen molar-refractivity contribution >= 4 is 56.7 Å². The number of carbonyl (C=O) groups excluding carboxylic acids is 1. The van der Waals surface area contributed by atoms with Crippen LogP contribution in [0.5, 0.6) is 0 Å². The van der Waals surface area contributed by atoms with E-state index in [4.69, 9.17) is 19.2 Å². The molecule has 0 spiro atoms. The number of unbranched alkanes of at least 4 members (excludes halogenated alkanes) is 8. The predicted molar refractivity (Wildman–Crippen MR) is 76.9 cm³/mol. The maximum absolute atomic E-state index is 10.7. The van der Waals surface area contributed by atoms with Crippen LogP contribution >= 0.6 is 7.82 Å². The van der Waals surface area contributed by atoms with Gasteiger partial charge in [0.05, 0.1) is 0 Å². The molecule has 7 heteroatoms. The van der Waals surface area contributed by atoms with E-state index >= 15 is 0 Å². The zero-order valence-electron chi connectivity index (χ0n) is 12.2. The number of rotatable bonds is 10. The molecule has 0 heterocycles. The van der Waals surface area contributed by atoms with Crippen molar-refractivity contribution in [3.05, 3.63) is 0 Å². The Labute approximate surface area is 150 Å². The molecule has 0 aromatic carbocycles. The summed E-state index contributed by atoms with van der Waals surface area (Å²) in [6, 6.07) is 0. The third-order valence-corrected chi connectivity index (χ3v) is 3.41. The van der Waals surface area contributed by atoms with Gasteiger partial charge in [0.25, 0.3) is 0 Å². The molecule has 0 aromatic rings. The van der Waals surface area contributed by atoms with Crippen molar-refractivity contribution in [1.82, 2.24) is 0 Å². The van der Waals surface area contributed by atoms with Gasteiger partial charge in [0.2, 0.25) is 0 Å². The minimum absolute atomic E-state index is 0.424. The Morgan fingerprint density at radius 1 is 0.895 bits per heavy atom. The molecule has 0 fully saturated rings. The minimum atomic E-state index is -4.64. The molecule has 3 N–H and O–H groups in total. The second kappa shape index (κ2) is 15.8. The second-order valence-electron chi connectivity index (χ2n) is 4.79. The van der Waals surface area contributed by atoms with Crippen LogP contribution in [0.2, 0.25) is 0 Å². The summed E-state index contributed by atoms with van der Waals surface area (Å²) in [6.45, 7) is 2.26. The molecule has 19 heavy (non-hydrogen) atoms. The van der Waals surface area contributed by atoms with Gasteiger partial charge in [0.15, 0.2) is 0 Å². The van der Waals surface area contributed by atoms with Gasteiger partial charge in [-0.2, -0.15) is 0 Å². The van der Waals surface area contributed by atoms with Gasteiger partial charge in [-0.05, 0) is 0 Å². The summed E-state index contributed by atoms with van der Waals surface area (Å²) in [4.78, 5) is 32.3. The van der Waals surface area contributed by atoms with E-state index in [1.165, 1.54) is 51.4 Å². The molecule has 0 aromatic heterocycles. The molecular weight excluding hydrogens is 294 g/mol. The van der Waals surface area contributed by atoms with Crippen LogP contribution in [-0.2, 0) is 9.36 Å². The van der Waals surface area contributed by atoms with Crippen LogP contribution in [0, 0.1) is 0 Å². The Hall–Kier alpha value is 1.42. The average Bonchev–Trinajstić information content (AvgIpc) is 2.24. The second-order valence-corrected chi connectivity index (χ2v) is 7.56. The van der Waals surface area contributed by atoms with Gasteiger partial charge in [-0.3, -0.25) is 0 Å². The van der Waals surface area contributed by atoms with E-state index in [0.29, 0.717) is 48.8 Å². The Bertz CT molecular complexity index is 246. The number of phosphoric acid groups is 1. The van der Waals surface area contributed by atoms with E-state index in [9.17, 15) is 4.79 Å². The van der Waals surface area contributed by atoms with Crippen molar-refractivity contribution in [3.63, 3.8) is 0 Å². The molecule has 0 aliphatic rings. The van der Waals surface area contributed by atoms with Gasteiger partial charge in [-0.15, -0.1) is 0 Å². The topological polar surface area (TPSA) is 94.8 Å². The number of hydrogen-bond acceptors (Lipinski definition) is 2. The molecular formula is C12H26KO5P. The van der Waals surface area contributed by atoms with Crippen molar-refractivity contribution in [2.45, 2.75) is 71.1 Å². The largest absolute Gasteiger partial charge is 0.466 e. The van der Waals surface area contributed by atoms with Crippen LogP contribution < -0.4 is 0 Å². The number of hydrogen-bond donors (Lipinski definition) is 3. The third-order valence-electron chi connectivity index (χ3n) is 2.63. The quantitative estimate of drug-likeness (QED) is 0.327. The molecule has 0 unspecified atom stereocenters. The van der Waals surface area contributed by atoms with E-state index in [-0.39, 0.29) is 0 Å². The molecule has 0 saturated carbocycles. The normalized spacial score (nSPS) is 10.8. The monoisotopic (exact) mass is 320 g/mol. The SMILES string of the molecule is CCCCCCCCCCC[C](=O)[K].O=P(O)(O)O. The summed E-state index contributed by atoms with van der Waals surface area (Å²) in [5.41, 5.74) is 0. The van der Waals surface area contributed by atoms with Crippen molar-refractivity contribution < 1.29 is 24.0 Å². The van der Waals surface area contributed by atoms with Crippen LogP contribution in [0.4, 0.5) is 0 Å². The Balaban J connectivity index is 0. The molecule has 5 nitrogen and oxygen atoms in total. The van der Waals surface area contributed by atoms with Gasteiger partial charge in [0, 0.05) is 0 Å². The first-order valence-corrected chi connectivity index (χ1v) is 10.2. The molecule has 0 atom stereocenters. The summed E-state index contributed by atoms with van der Waals surface area (Å²) in [7, 11) is -4.64. The van der Waals surface area contributed by atoms with E-state index in [2.05, 4.69) is 6.92 Å². The Morgan fingerprint density at radius 2 is 1.21 bits per heavy atom. The summed E-state index contributed by atoms with van der Waals surface area (Å²) < 4.78 is 9.41. The molecule has 0 saturated heterocycles. The van der Waals surface area contributed by atoms with E-state index in [1.807, 2.05) is 0 Å². The van der Waals surface area contributed by atoms with Gasteiger partial charge in [-0.1, -0.05) is 0 Å². The van der Waals surface area contributed by atoms with E-state index in [0.717, 1.165) is 12.8 Å². The first-order chi connectivity index (χ1) is 8.77. The average molecular weight is 320 g/mol. The predicted octanol–water partition coefficient (Wildman–Crippen LogP) is 2.67. The molecule has 0 rings (SSSR count). The Kier molecular flexibility index (Phi) is 18.9. The molecule has 110 valence electrons. The van der Waals surface area contributed by atoms with Crippen molar-refractivity contribution in [3.8, 4) is 0 Å². The number of carbonyl (C=O) groups is 1. The van der Waals surface area contributed by atoms with Crippen molar-refractivity contribution in [1.29, 1.82) is 0 Å². The van der Waals surface area contributed by atoms with Crippen LogP contribution in [0.3, 0.4) is 0 Å². The molecule has 0 aliphatic carbocycles. The zero-order chi connectivity index (χ0) is 15.1. The first-order valence-electron chi connectivity index (χ1n) is 7.05. The van der Waals surface area contributed by atoms with E-state index < -0.39 is 7.82 Å². The van der Waals surface area contributed by atoms with Gasteiger partial charge >= 0.3 is 133 Å². The van der Waals surface area contributed by atoms with Crippen molar-refractivity contribution in [2.24, 2.45) is 0 Å². The van der Waals surface area contributed by atoms with Crippen LogP contribution in [-0.4, -0.2) is 63.5 Å². The van der Waals surface area contributed by atoms with E-state index in [1.54, 1.807) is 0 Å². The standard InChI is InChI=1S/C12H23O.K.H3O4P/c1-2-3-4-5-6-7-8-9-10-11-12-13;;1-5(2,3)4/h2-11H2,1H3;;(H3,1,2,3,4). The fourth-order valence-corrected chi connectivity index (χ4v) is 2.24. The van der Waals surface area contributed by atoms with Gasteiger partial charge in [0.1, 0.15) is 0 Å². The summed E-state index contributed by atoms with van der Waals surface area (Å²) in [6.07, 6.45) is 13.0. The van der Waals surface area contributed by atoms with Crippen LogP contribution in [0.1, 0.15) is 71.1 Å². The maximum atomic E-state index is 10.7. The fourth-order valence-electron chi connectivity index (χ4n) is 1.68. The minimum Gasteiger partial charge on any atom is -0.303 e. The van der Waals surface area contributed by atoms with Crippen LogP contribution in [0.15, 0.2) is 0 Å². The molecule has 0 amide bonds. The molecule has 0 aliphatic heterocycles. The summed E-state index contributed by atoms with van der Waals surface area (Å²) in [5.74, 6) is 0. The maximum Gasteiger partial charge on any atom is 0.466 e. The Morgan fingerprint density at radius 3 is 1.53 bits per heavy atom. The third kappa shape index (κ3) is 38.2. The van der Waals surface area contributed by atoms with Crippen molar-refractivity contribution in [2.75, 3.05) is 0 Å². The first kappa shape index (κ1) is 22.7. The zero-order valence-corrected chi connectivity index (χ0v) is 16.2. The van der Waals surface area contributed by atoms with Gasteiger partial charge in [-0.25, -0.2) is 4.57 Å². The fraction of sp³-hybridized carbons (Fsp3) is 0.917. The molecule has 0 radical (unpaired) electrons. The van der Waals surface area contributed by atoms with Gasteiger partial charge < -0.3 is 14.7 Å². The summed E-state index contributed by atoms with van der Waals surface area (Å²) in [5, 5.41) is 0. The smallest absolute Gasteiger partial charge is 0.303 e.